The molecular weight excluding hydrogens is 356 g/mol. The van der Waals surface area contributed by atoms with E-state index in [9.17, 15) is 9.59 Å². The number of aryl methyl sites for hydroxylation is 1. The van der Waals surface area contributed by atoms with Gasteiger partial charge in [0, 0.05) is 18.8 Å². The van der Waals surface area contributed by atoms with E-state index in [1.807, 2.05) is 50.2 Å². The van der Waals surface area contributed by atoms with Gasteiger partial charge in [-0.3, -0.25) is 9.59 Å². The first kappa shape index (κ1) is 19.5. The van der Waals surface area contributed by atoms with Crippen LogP contribution in [-0.2, 0) is 9.59 Å². The molecule has 0 atom stereocenters. The van der Waals surface area contributed by atoms with Crippen LogP contribution in [0.1, 0.15) is 16.7 Å². The zero-order valence-electron chi connectivity index (χ0n) is 16.3. The molecule has 0 saturated carbocycles. The quantitative estimate of drug-likeness (QED) is 0.809. The van der Waals surface area contributed by atoms with Crippen molar-refractivity contribution in [2.45, 2.75) is 13.8 Å². The molecule has 0 spiro atoms. The fourth-order valence-corrected chi connectivity index (χ4v) is 2.83. The van der Waals surface area contributed by atoms with Gasteiger partial charge < -0.3 is 19.7 Å². The number of fused-ring (bicyclic) bond motifs is 1. The van der Waals surface area contributed by atoms with Gasteiger partial charge in [0.2, 0.25) is 11.8 Å². The number of nitrogens with zero attached hydrogens (tertiary/aromatic N) is 1. The summed E-state index contributed by atoms with van der Waals surface area (Å²) in [6.45, 7) is 4.96. The highest BCUT2D eigenvalue weighted by atomic mass is 16.6. The van der Waals surface area contributed by atoms with Crippen molar-refractivity contribution >= 4 is 23.6 Å². The molecule has 6 nitrogen and oxygen atoms in total. The zero-order chi connectivity index (χ0) is 20.1. The topological polar surface area (TPSA) is 67.9 Å². The van der Waals surface area contributed by atoms with Gasteiger partial charge >= 0.3 is 0 Å². The van der Waals surface area contributed by atoms with Crippen LogP contribution >= 0.6 is 0 Å². The third-order valence-electron chi connectivity index (χ3n) is 4.62. The maximum Gasteiger partial charge on any atom is 0.246 e. The average Bonchev–Trinajstić information content (AvgIpc) is 2.69. The number of anilines is 1. The summed E-state index contributed by atoms with van der Waals surface area (Å²) in [6.07, 6.45) is 3.14. The highest BCUT2D eigenvalue weighted by molar-refractivity contribution is 5.98. The van der Waals surface area contributed by atoms with Crippen LogP contribution in [0.15, 0.2) is 42.5 Å². The van der Waals surface area contributed by atoms with Gasteiger partial charge in [0.05, 0.1) is 6.54 Å². The number of rotatable bonds is 5. The lowest BCUT2D eigenvalue weighted by Gasteiger charge is -2.18. The predicted octanol–water partition coefficient (Wildman–Crippen LogP) is 3.18. The molecule has 146 valence electrons. The summed E-state index contributed by atoms with van der Waals surface area (Å²) in [7, 11) is 1.60. The number of carbonyl (C=O) groups excluding carboxylic acids is 2. The molecular formula is C22H24N2O4. The van der Waals surface area contributed by atoms with E-state index in [4.69, 9.17) is 9.47 Å². The van der Waals surface area contributed by atoms with Crippen LogP contribution in [0.3, 0.4) is 0 Å². The Kier molecular flexibility index (Phi) is 5.99. The fourth-order valence-electron chi connectivity index (χ4n) is 2.83. The molecule has 0 bridgehead atoms. The Morgan fingerprint density at radius 2 is 1.86 bits per heavy atom. The molecule has 0 unspecified atom stereocenters. The van der Waals surface area contributed by atoms with Crippen molar-refractivity contribution in [1.82, 2.24) is 4.90 Å². The number of benzene rings is 2. The molecule has 0 aromatic heterocycles. The van der Waals surface area contributed by atoms with Gasteiger partial charge in [0.25, 0.3) is 0 Å². The normalized spacial score (nSPS) is 12.7. The summed E-state index contributed by atoms with van der Waals surface area (Å²) >= 11 is 0. The summed E-state index contributed by atoms with van der Waals surface area (Å²) in [6, 6.07) is 11.2. The van der Waals surface area contributed by atoms with Crippen LogP contribution in [0.4, 0.5) is 5.69 Å². The Hall–Kier alpha value is -3.28. The number of nitrogens with one attached hydrogen (secondary N) is 1. The fraction of sp³-hybridized carbons (Fsp3) is 0.273. The average molecular weight is 380 g/mol. The van der Waals surface area contributed by atoms with Crippen LogP contribution in [0.5, 0.6) is 11.5 Å². The Balaban J connectivity index is 1.57. The summed E-state index contributed by atoms with van der Waals surface area (Å²) < 4.78 is 11.0. The van der Waals surface area contributed by atoms with E-state index >= 15 is 0 Å². The highest BCUT2D eigenvalue weighted by Gasteiger charge is 2.13. The first-order valence-electron chi connectivity index (χ1n) is 9.13. The lowest BCUT2D eigenvalue weighted by molar-refractivity contribution is -0.129. The minimum absolute atomic E-state index is 0.0301. The van der Waals surface area contributed by atoms with E-state index < -0.39 is 0 Å². The van der Waals surface area contributed by atoms with Gasteiger partial charge in [-0.25, -0.2) is 0 Å². The maximum atomic E-state index is 12.3. The summed E-state index contributed by atoms with van der Waals surface area (Å²) in [5.41, 5.74) is 3.71. The first-order valence-corrected chi connectivity index (χ1v) is 9.13. The molecule has 0 saturated heterocycles. The Morgan fingerprint density at radius 1 is 1.11 bits per heavy atom. The Bertz CT molecular complexity index is 921. The van der Waals surface area contributed by atoms with E-state index in [1.165, 1.54) is 11.0 Å². The van der Waals surface area contributed by atoms with Crippen molar-refractivity contribution in [3.8, 4) is 11.5 Å². The maximum absolute atomic E-state index is 12.3. The lowest BCUT2D eigenvalue weighted by atomic mass is 10.1. The van der Waals surface area contributed by atoms with Crippen molar-refractivity contribution < 1.29 is 19.1 Å². The molecule has 0 fully saturated rings. The van der Waals surface area contributed by atoms with Gasteiger partial charge in [-0.05, 0) is 54.8 Å². The lowest BCUT2D eigenvalue weighted by Crippen LogP contribution is -2.34. The second-order valence-electron chi connectivity index (χ2n) is 6.73. The van der Waals surface area contributed by atoms with Crippen molar-refractivity contribution in [2.75, 3.05) is 32.1 Å². The Labute approximate surface area is 164 Å². The molecule has 0 aliphatic carbocycles. The van der Waals surface area contributed by atoms with Gasteiger partial charge in [-0.1, -0.05) is 18.2 Å². The van der Waals surface area contributed by atoms with E-state index in [-0.39, 0.29) is 18.4 Å². The SMILES string of the molecule is Cc1cccc(NC(=O)CN(C)C(=O)/C=C/c2ccc3c(c2)OCCO3)c1C. The minimum Gasteiger partial charge on any atom is -0.486 e. The molecule has 2 amide bonds. The van der Waals surface area contributed by atoms with Gasteiger partial charge in [-0.2, -0.15) is 0 Å². The van der Waals surface area contributed by atoms with Crippen molar-refractivity contribution in [3.05, 3.63) is 59.2 Å². The predicted molar refractivity (Wildman–Crippen MR) is 109 cm³/mol. The van der Waals surface area contributed by atoms with E-state index in [0.29, 0.717) is 24.7 Å². The smallest absolute Gasteiger partial charge is 0.246 e. The molecule has 6 heteroatoms. The first-order chi connectivity index (χ1) is 13.4. The number of hydrogen-bond acceptors (Lipinski definition) is 4. The summed E-state index contributed by atoms with van der Waals surface area (Å²) in [5.74, 6) is 0.875. The van der Waals surface area contributed by atoms with E-state index in [2.05, 4.69) is 5.32 Å². The second kappa shape index (κ2) is 8.61. The summed E-state index contributed by atoms with van der Waals surface area (Å²) in [5, 5.41) is 2.86. The van der Waals surface area contributed by atoms with E-state index in [1.54, 1.807) is 13.1 Å². The third-order valence-corrected chi connectivity index (χ3v) is 4.62. The largest absolute Gasteiger partial charge is 0.486 e. The second-order valence-corrected chi connectivity index (χ2v) is 6.73. The van der Waals surface area contributed by atoms with Gasteiger partial charge in [-0.15, -0.1) is 0 Å². The van der Waals surface area contributed by atoms with Crippen LogP contribution in [0.2, 0.25) is 0 Å². The number of carbonyl (C=O) groups is 2. The van der Waals surface area contributed by atoms with Crippen LogP contribution in [0, 0.1) is 13.8 Å². The van der Waals surface area contributed by atoms with Crippen LogP contribution in [-0.4, -0.2) is 43.5 Å². The van der Waals surface area contributed by atoms with Crippen LogP contribution in [0.25, 0.3) is 6.08 Å². The number of likely N-dealkylation sites (N-methyl/N-ethyl adjacent to an activating group) is 1. The molecule has 1 N–H and O–H groups in total. The van der Waals surface area contributed by atoms with E-state index in [0.717, 1.165) is 22.4 Å². The number of amides is 2. The molecule has 3 rings (SSSR count). The number of ether oxygens (including phenoxy) is 2. The standard InChI is InChI=1S/C22H24N2O4/c1-15-5-4-6-18(16(15)2)23-21(25)14-24(3)22(26)10-8-17-7-9-19-20(13-17)28-12-11-27-19/h4-10,13H,11-12,14H2,1-3H3,(H,23,25)/b10-8+. The Morgan fingerprint density at radius 3 is 2.64 bits per heavy atom. The molecule has 1 aliphatic rings. The third kappa shape index (κ3) is 4.71. The number of hydrogen-bond donors (Lipinski definition) is 1. The molecule has 1 aliphatic heterocycles. The molecule has 1 heterocycles. The van der Waals surface area contributed by atoms with Crippen molar-refractivity contribution in [3.63, 3.8) is 0 Å². The monoisotopic (exact) mass is 380 g/mol. The summed E-state index contributed by atoms with van der Waals surface area (Å²) in [4.78, 5) is 26.0. The van der Waals surface area contributed by atoms with Crippen molar-refractivity contribution in [2.24, 2.45) is 0 Å². The molecule has 2 aromatic rings. The van der Waals surface area contributed by atoms with Crippen molar-refractivity contribution in [1.29, 1.82) is 0 Å². The molecule has 2 aromatic carbocycles. The zero-order valence-corrected chi connectivity index (χ0v) is 16.3. The van der Waals surface area contributed by atoms with Gasteiger partial charge in [0.15, 0.2) is 11.5 Å². The molecule has 0 radical (unpaired) electrons. The minimum atomic E-state index is -0.258. The van der Waals surface area contributed by atoms with Gasteiger partial charge in [0.1, 0.15) is 13.2 Å². The molecule has 28 heavy (non-hydrogen) atoms. The van der Waals surface area contributed by atoms with Crippen LogP contribution < -0.4 is 14.8 Å². The highest BCUT2D eigenvalue weighted by Crippen LogP contribution is 2.31.